The summed E-state index contributed by atoms with van der Waals surface area (Å²) in [6.45, 7) is 6.67. The number of nitrogens with zero attached hydrogens (tertiary/aromatic N) is 1. The summed E-state index contributed by atoms with van der Waals surface area (Å²) in [5, 5.41) is 0. The molecular formula is C17H24BrNO2. The molecule has 0 bridgehead atoms. The SMILES string of the molecule is CC(C)COc1ccc(C(=O)N2CCCCCC2)cc1Br. The molecule has 0 aliphatic carbocycles. The second-order valence-corrected chi connectivity index (χ2v) is 6.91. The van der Waals surface area contributed by atoms with Crippen LogP contribution in [0.3, 0.4) is 0 Å². The summed E-state index contributed by atoms with van der Waals surface area (Å²) in [6, 6.07) is 5.63. The van der Waals surface area contributed by atoms with Crippen LogP contribution in [-0.4, -0.2) is 30.5 Å². The van der Waals surface area contributed by atoms with Crippen molar-refractivity contribution < 1.29 is 9.53 Å². The molecule has 116 valence electrons. The van der Waals surface area contributed by atoms with E-state index in [1.807, 2.05) is 23.1 Å². The van der Waals surface area contributed by atoms with Gasteiger partial charge in [-0.15, -0.1) is 0 Å². The van der Waals surface area contributed by atoms with E-state index in [9.17, 15) is 4.79 Å². The Hall–Kier alpha value is -1.03. The van der Waals surface area contributed by atoms with Crippen molar-refractivity contribution in [3.63, 3.8) is 0 Å². The maximum atomic E-state index is 12.5. The number of carbonyl (C=O) groups excluding carboxylic acids is 1. The number of rotatable bonds is 4. The van der Waals surface area contributed by atoms with E-state index in [4.69, 9.17) is 4.74 Å². The van der Waals surface area contributed by atoms with Gasteiger partial charge >= 0.3 is 0 Å². The van der Waals surface area contributed by atoms with Gasteiger partial charge in [-0.25, -0.2) is 0 Å². The smallest absolute Gasteiger partial charge is 0.253 e. The van der Waals surface area contributed by atoms with E-state index in [2.05, 4.69) is 29.8 Å². The topological polar surface area (TPSA) is 29.5 Å². The molecule has 0 unspecified atom stereocenters. The van der Waals surface area contributed by atoms with Gasteiger partial charge in [0.1, 0.15) is 5.75 Å². The lowest BCUT2D eigenvalue weighted by Crippen LogP contribution is -2.31. The van der Waals surface area contributed by atoms with Crippen LogP contribution in [0.25, 0.3) is 0 Å². The zero-order valence-corrected chi connectivity index (χ0v) is 14.5. The first-order chi connectivity index (χ1) is 10.1. The highest BCUT2D eigenvalue weighted by atomic mass is 79.9. The van der Waals surface area contributed by atoms with E-state index in [0.29, 0.717) is 12.5 Å². The zero-order valence-electron chi connectivity index (χ0n) is 12.9. The summed E-state index contributed by atoms with van der Waals surface area (Å²) < 4.78 is 6.58. The Labute approximate surface area is 135 Å². The van der Waals surface area contributed by atoms with Gasteiger partial charge in [0, 0.05) is 18.7 Å². The molecule has 21 heavy (non-hydrogen) atoms. The molecule has 1 aromatic carbocycles. The standard InChI is InChI=1S/C17H24BrNO2/c1-13(2)12-21-16-8-7-14(11-15(16)18)17(20)19-9-5-3-4-6-10-19/h7-8,11,13H,3-6,9-10,12H2,1-2H3. The largest absolute Gasteiger partial charge is 0.492 e. The minimum atomic E-state index is 0.132. The number of benzene rings is 1. The summed E-state index contributed by atoms with van der Waals surface area (Å²) >= 11 is 3.51. The molecule has 0 aromatic heterocycles. The second kappa shape index (κ2) is 7.83. The Bertz CT molecular complexity index is 480. The normalized spacial score (nSPS) is 15.9. The van der Waals surface area contributed by atoms with Gasteiger partial charge in [0.2, 0.25) is 0 Å². The first-order valence-electron chi connectivity index (χ1n) is 7.79. The highest BCUT2D eigenvalue weighted by molar-refractivity contribution is 9.10. The van der Waals surface area contributed by atoms with Gasteiger partial charge in [0.05, 0.1) is 11.1 Å². The molecule has 3 nitrogen and oxygen atoms in total. The molecule has 1 saturated heterocycles. The van der Waals surface area contributed by atoms with E-state index < -0.39 is 0 Å². The molecule has 0 N–H and O–H groups in total. The molecule has 4 heteroatoms. The lowest BCUT2D eigenvalue weighted by atomic mass is 10.2. The van der Waals surface area contributed by atoms with Crippen molar-refractivity contribution in [2.24, 2.45) is 5.92 Å². The fraction of sp³-hybridized carbons (Fsp3) is 0.588. The molecule has 0 saturated carbocycles. The molecule has 0 atom stereocenters. The summed E-state index contributed by atoms with van der Waals surface area (Å²) in [4.78, 5) is 14.5. The summed E-state index contributed by atoms with van der Waals surface area (Å²) in [7, 11) is 0. The number of ether oxygens (including phenoxy) is 1. The van der Waals surface area contributed by atoms with Gasteiger partial charge in [-0.3, -0.25) is 4.79 Å². The number of amides is 1. The lowest BCUT2D eigenvalue weighted by Gasteiger charge is -2.20. The fourth-order valence-corrected chi connectivity index (χ4v) is 2.96. The highest BCUT2D eigenvalue weighted by Crippen LogP contribution is 2.27. The van der Waals surface area contributed by atoms with Crippen molar-refractivity contribution in [3.05, 3.63) is 28.2 Å². The average molecular weight is 354 g/mol. The summed E-state index contributed by atoms with van der Waals surface area (Å²) in [6.07, 6.45) is 4.69. The first-order valence-corrected chi connectivity index (χ1v) is 8.59. The van der Waals surface area contributed by atoms with Crippen LogP contribution in [0.4, 0.5) is 0 Å². The highest BCUT2D eigenvalue weighted by Gasteiger charge is 2.18. The van der Waals surface area contributed by atoms with Crippen molar-refractivity contribution in [1.29, 1.82) is 0 Å². The van der Waals surface area contributed by atoms with E-state index in [1.165, 1.54) is 12.8 Å². The fourth-order valence-electron chi connectivity index (χ4n) is 2.46. The number of likely N-dealkylation sites (tertiary alicyclic amines) is 1. The van der Waals surface area contributed by atoms with Crippen LogP contribution in [0.2, 0.25) is 0 Å². The number of hydrogen-bond acceptors (Lipinski definition) is 2. The quantitative estimate of drug-likeness (QED) is 0.797. The van der Waals surface area contributed by atoms with Gasteiger partial charge < -0.3 is 9.64 Å². The molecule has 1 fully saturated rings. The molecule has 0 spiro atoms. The Balaban J connectivity index is 2.06. The van der Waals surface area contributed by atoms with Gasteiger partial charge in [-0.2, -0.15) is 0 Å². The van der Waals surface area contributed by atoms with Gasteiger partial charge in [-0.05, 0) is 52.9 Å². The first kappa shape index (κ1) is 16.3. The van der Waals surface area contributed by atoms with Crippen LogP contribution in [0, 0.1) is 5.92 Å². The molecule has 2 rings (SSSR count). The van der Waals surface area contributed by atoms with Gasteiger partial charge in [0.15, 0.2) is 0 Å². The average Bonchev–Trinajstić information content (AvgIpc) is 2.74. The predicted molar refractivity (Wildman–Crippen MR) is 88.8 cm³/mol. The van der Waals surface area contributed by atoms with E-state index >= 15 is 0 Å². The van der Waals surface area contributed by atoms with E-state index in [0.717, 1.165) is 41.7 Å². The Morgan fingerprint density at radius 3 is 2.48 bits per heavy atom. The third-order valence-corrected chi connectivity index (χ3v) is 4.26. The molecular weight excluding hydrogens is 330 g/mol. The van der Waals surface area contributed by atoms with Crippen LogP contribution in [-0.2, 0) is 0 Å². The maximum absolute atomic E-state index is 12.5. The van der Waals surface area contributed by atoms with Gasteiger partial charge in [0.25, 0.3) is 5.91 Å². The zero-order chi connectivity index (χ0) is 15.2. The van der Waals surface area contributed by atoms with Crippen LogP contribution in [0.5, 0.6) is 5.75 Å². The Morgan fingerprint density at radius 1 is 1.24 bits per heavy atom. The van der Waals surface area contributed by atoms with Crippen molar-refractivity contribution in [1.82, 2.24) is 4.90 Å². The molecule has 1 amide bonds. The van der Waals surface area contributed by atoms with Gasteiger partial charge in [-0.1, -0.05) is 26.7 Å². The molecule has 1 heterocycles. The van der Waals surface area contributed by atoms with Crippen LogP contribution >= 0.6 is 15.9 Å². The summed E-state index contributed by atoms with van der Waals surface area (Å²) in [5.41, 5.74) is 0.737. The molecule has 1 aliphatic rings. The van der Waals surface area contributed by atoms with Crippen molar-refractivity contribution in [2.75, 3.05) is 19.7 Å². The second-order valence-electron chi connectivity index (χ2n) is 6.06. The lowest BCUT2D eigenvalue weighted by molar-refractivity contribution is 0.0761. The Kier molecular flexibility index (Phi) is 6.09. The monoisotopic (exact) mass is 353 g/mol. The number of hydrogen-bond donors (Lipinski definition) is 0. The number of halogens is 1. The third kappa shape index (κ3) is 4.73. The minimum absolute atomic E-state index is 0.132. The van der Waals surface area contributed by atoms with E-state index in [-0.39, 0.29) is 5.91 Å². The van der Waals surface area contributed by atoms with Crippen LogP contribution in [0.1, 0.15) is 49.9 Å². The maximum Gasteiger partial charge on any atom is 0.253 e. The molecule has 1 aliphatic heterocycles. The Morgan fingerprint density at radius 2 is 1.90 bits per heavy atom. The van der Waals surface area contributed by atoms with Crippen molar-refractivity contribution >= 4 is 21.8 Å². The van der Waals surface area contributed by atoms with Crippen LogP contribution < -0.4 is 4.74 Å². The number of carbonyl (C=O) groups is 1. The van der Waals surface area contributed by atoms with Crippen LogP contribution in [0.15, 0.2) is 22.7 Å². The third-order valence-electron chi connectivity index (χ3n) is 3.64. The van der Waals surface area contributed by atoms with E-state index in [1.54, 1.807) is 0 Å². The van der Waals surface area contributed by atoms with Crippen molar-refractivity contribution in [2.45, 2.75) is 39.5 Å². The predicted octanol–water partition coefficient (Wildman–Crippen LogP) is 4.50. The minimum Gasteiger partial charge on any atom is -0.492 e. The summed E-state index contributed by atoms with van der Waals surface area (Å²) in [5.74, 6) is 1.42. The van der Waals surface area contributed by atoms with Crippen molar-refractivity contribution in [3.8, 4) is 5.75 Å². The molecule has 1 aromatic rings. The molecule has 0 radical (unpaired) electrons.